The molecule has 0 saturated carbocycles. The normalized spacial score (nSPS) is 11.8. The van der Waals surface area contributed by atoms with Crippen LogP contribution in [0.25, 0.3) is 6.08 Å². The van der Waals surface area contributed by atoms with E-state index < -0.39 is 18.4 Å². The summed E-state index contributed by atoms with van der Waals surface area (Å²) in [6.45, 7) is 1.72. The second-order valence-electron chi connectivity index (χ2n) is 7.37. The molecule has 30 heavy (non-hydrogen) atoms. The van der Waals surface area contributed by atoms with E-state index in [9.17, 15) is 4.79 Å². The summed E-state index contributed by atoms with van der Waals surface area (Å²) in [5, 5.41) is 0. The Bertz CT molecular complexity index is 1040. The summed E-state index contributed by atoms with van der Waals surface area (Å²) < 4.78 is 4.80. The van der Waals surface area contributed by atoms with Gasteiger partial charge < -0.3 is 0 Å². The van der Waals surface area contributed by atoms with E-state index in [1.807, 2.05) is 36.4 Å². The van der Waals surface area contributed by atoms with Crippen LogP contribution >= 0.6 is 0 Å². The zero-order valence-electron chi connectivity index (χ0n) is 17.0. The van der Waals surface area contributed by atoms with Gasteiger partial charge in [-0.1, -0.05) is 0 Å². The van der Waals surface area contributed by atoms with Crippen molar-refractivity contribution < 1.29 is 4.79 Å². The quantitative estimate of drug-likeness (QED) is 0.287. The van der Waals surface area contributed by atoms with E-state index in [0.717, 1.165) is 9.15 Å². The van der Waals surface area contributed by atoms with Crippen molar-refractivity contribution in [3.8, 4) is 0 Å². The first-order chi connectivity index (χ1) is 14.7. The molecule has 0 aliphatic heterocycles. The van der Waals surface area contributed by atoms with Gasteiger partial charge in [0.15, 0.2) is 0 Å². The monoisotopic (exact) mass is 496 g/mol. The Morgan fingerprint density at radius 1 is 0.567 bits per heavy atom. The summed E-state index contributed by atoms with van der Waals surface area (Å²) in [6.07, 6.45) is 2.13. The first kappa shape index (κ1) is 20.4. The molecule has 2 heteroatoms. The predicted molar refractivity (Wildman–Crippen MR) is 129 cm³/mol. The molecule has 146 valence electrons. The second kappa shape index (κ2) is 9.27. The molecule has 0 radical (unpaired) electrons. The molecule has 0 aliphatic carbocycles. The molecule has 0 amide bonds. The zero-order chi connectivity index (χ0) is 20.8. The topological polar surface area (TPSA) is 17.1 Å². The minimum absolute atomic E-state index is 0.145. The third-order valence-electron chi connectivity index (χ3n) is 5.51. The average molecular weight is 495 g/mol. The van der Waals surface area contributed by atoms with Gasteiger partial charge in [-0.05, 0) is 0 Å². The fourth-order valence-electron chi connectivity index (χ4n) is 4.22. The molecular formula is C28H24OSn. The second-order valence-corrected chi connectivity index (χ2v) is 18.1. The summed E-state index contributed by atoms with van der Waals surface area (Å²) in [4.78, 5) is 13.3. The summed E-state index contributed by atoms with van der Waals surface area (Å²) in [6, 6.07) is 42.1. The molecule has 1 nitrogen and oxygen atoms in total. The van der Waals surface area contributed by atoms with Crippen molar-refractivity contribution in [1.29, 1.82) is 0 Å². The number of allylic oxidation sites excluding steroid dienone is 1. The molecule has 0 fully saturated rings. The van der Waals surface area contributed by atoms with Gasteiger partial charge in [-0.2, -0.15) is 0 Å². The molecule has 4 rings (SSSR count). The van der Waals surface area contributed by atoms with E-state index in [1.54, 1.807) is 6.92 Å². The van der Waals surface area contributed by atoms with Gasteiger partial charge in [0.05, 0.1) is 0 Å². The van der Waals surface area contributed by atoms with Crippen LogP contribution in [-0.4, -0.2) is 24.2 Å². The number of ketones is 1. The Morgan fingerprint density at radius 3 is 1.23 bits per heavy atom. The van der Waals surface area contributed by atoms with E-state index in [1.165, 1.54) is 10.7 Å². The van der Waals surface area contributed by atoms with Crippen molar-refractivity contribution in [2.75, 3.05) is 0 Å². The number of hydrogen-bond acceptors (Lipinski definition) is 1. The van der Waals surface area contributed by atoms with Crippen LogP contribution in [0.1, 0.15) is 12.5 Å². The van der Waals surface area contributed by atoms with Crippen LogP contribution in [0.5, 0.6) is 0 Å². The van der Waals surface area contributed by atoms with Gasteiger partial charge in [-0.25, -0.2) is 0 Å². The van der Waals surface area contributed by atoms with Gasteiger partial charge in [0, 0.05) is 0 Å². The maximum absolute atomic E-state index is 13.3. The van der Waals surface area contributed by atoms with Crippen LogP contribution in [0.3, 0.4) is 0 Å². The molecule has 0 heterocycles. The molecule has 0 aromatic heterocycles. The number of Topliss-reactive ketones (excluding diaryl/α,β-unsaturated/α-hetero) is 1. The van der Waals surface area contributed by atoms with E-state index in [-0.39, 0.29) is 5.78 Å². The van der Waals surface area contributed by atoms with Gasteiger partial charge in [0.1, 0.15) is 0 Å². The number of rotatable bonds is 6. The van der Waals surface area contributed by atoms with Crippen molar-refractivity contribution in [2.24, 2.45) is 0 Å². The summed E-state index contributed by atoms with van der Waals surface area (Å²) >= 11 is -3.85. The maximum atomic E-state index is 13.3. The fourth-order valence-corrected chi connectivity index (χ4v) is 18.3. The standard InChI is InChI=1S/C10H9O.3C6H5.Sn/c1-9(11)7-8-10-5-3-2-4-6-10;3*1-2-4-6-5-3-1;/h2-6,8H,1H3;3*1-5H;. The number of hydrogen-bond donors (Lipinski definition) is 0. The Hall–Kier alpha value is -2.91. The molecule has 0 bridgehead atoms. The molecule has 0 unspecified atom stereocenters. The van der Waals surface area contributed by atoms with Gasteiger partial charge in [-0.3, -0.25) is 0 Å². The Labute approximate surface area is 182 Å². The SMILES string of the molecule is CC(=O)/[C](=C/c1ccccc1)[Sn]([c]1ccccc1)([c]1ccccc1)[c]1ccccc1. The number of benzene rings is 4. The predicted octanol–water partition coefficient (Wildman–Crippen LogP) is 4.37. The van der Waals surface area contributed by atoms with Crippen LogP contribution < -0.4 is 10.7 Å². The molecule has 0 spiro atoms. The van der Waals surface area contributed by atoms with Gasteiger partial charge in [0.25, 0.3) is 0 Å². The molecule has 4 aromatic carbocycles. The van der Waals surface area contributed by atoms with Gasteiger partial charge >= 0.3 is 183 Å². The molecular weight excluding hydrogens is 471 g/mol. The van der Waals surface area contributed by atoms with Crippen molar-refractivity contribution in [1.82, 2.24) is 0 Å². The van der Waals surface area contributed by atoms with Crippen LogP contribution in [0.15, 0.2) is 125 Å². The first-order valence-electron chi connectivity index (χ1n) is 10.2. The molecule has 4 aromatic rings. The van der Waals surface area contributed by atoms with Crippen LogP contribution in [0.4, 0.5) is 0 Å². The van der Waals surface area contributed by atoms with Gasteiger partial charge in [-0.15, -0.1) is 0 Å². The minimum atomic E-state index is -3.85. The van der Waals surface area contributed by atoms with Gasteiger partial charge in [0.2, 0.25) is 0 Å². The third-order valence-corrected chi connectivity index (χ3v) is 19.5. The van der Waals surface area contributed by atoms with Crippen LogP contribution in [-0.2, 0) is 4.79 Å². The molecule has 0 aliphatic rings. The van der Waals surface area contributed by atoms with Crippen LogP contribution in [0, 0.1) is 0 Å². The summed E-state index contributed by atoms with van der Waals surface area (Å²) in [7, 11) is 0. The number of carbonyl (C=O) groups is 1. The van der Waals surface area contributed by atoms with Crippen molar-refractivity contribution in [2.45, 2.75) is 6.92 Å². The molecule has 0 saturated heterocycles. The van der Waals surface area contributed by atoms with E-state index in [2.05, 4.69) is 91.0 Å². The van der Waals surface area contributed by atoms with Crippen molar-refractivity contribution in [3.63, 3.8) is 0 Å². The zero-order valence-corrected chi connectivity index (χ0v) is 19.9. The van der Waals surface area contributed by atoms with E-state index >= 15 is 0 Å². The Morgan fingerprint density at radius 2 is 0.900 bits per heavy atom. The fraction of sp³-hybridized carbons (Fsp3) is 0.0357. The Balaban J connectivity index is 2.14. The van der Waals surface area contributed by atoms with Crippen LogP contribution in [0.2, 0.25) is 0 Å². The van der Waals surface area contributed by atoms with Crippen molar-refractivity contribution in [3.05, 3.63) is 130 Å². The van der Waals surface area contributed by atoms with E-state index in [0.29, 0.717) is 0 Å². The third kappa shape index (κ3) is 3.90. The average Bonchev–Trinajstić information content (AvgIpc) is 2.82. The number of carbonyl (C=O) groups excluding carboxylic acids is 1. The van der Waals surface area contributed by atoms with Crippen molar-refractivity contribution >= 4 is 41.0 Å². The first-order valence-corrected chi connectivity index (χ1v) is 15.9. The Kier molecular flexibility index (Phi) is 6.29. The van der Waals surface area contributed by atoms with E-state index in [4.69, 9.17) is 0 Å². The summed E-state index contributed by atoms with van der Waals surface area (Å²) in [5.74, 6) is 0.145. The molecule has 0 atom stereocenters. The summed E-state index contributed by atoms with van der Waals surface area (Å²) in [5.41, 5.74) is 1.06. The molecule has 0 N–H and O–H groups in total.